The van der Waals surface area contributed by atoms with E-state index < -0.39 is 18.3 Å². The second-order valence-electron chi connectivity index (χ2n) is 7.45. The minimum atomic E-state index is -0.492. The quantitative estimate of drug-likeness (QED) is 0.826. The molecule has 1 aromatic heterocycles. The SMILES string of the molecule is CC(=O)SCC(=Cc1c(C)cc(N)nc1C)B1OC(C)(C)C(C)(C)O1. The number of carbonyl (C=O) groups is 1. The fourth-order valence-electron chi connectivity index (χ4n) is 2.63. The third-order valence-electron chi connectivity index (χ3n) is 4.80. The molecule has 136 valence electrons. The number of nitrogen functional groups attached to an aromatic ring is 1. The van der Waals surface area contributed by atoms with Gasteiger partial charge in [0, 0.05) is 18.4 Å². The number of hydrogen-bond donors (Lipinski definition) is 1. The smallest absolute Gasteiger partial charge is 0.400 e. The van der Waals surface area contributed by atoms with Crippen LogP contribution < -0.4 is 5.73 Å². The molecule has 0 bridgehead atoms. The molecule has 0 unspecified atom stereocenters. The monoisotopic (exact) mass is 362 g/mol. The first kappa shape index (κ1) is 20.0. The summed E-state index contributed by atoms with van der Waals surface area (Å²) >= 11 is 1.25. The molecule has 0 aliphatic carbocycles. The van der Waals surface area contributed by atoms with Crippen LogP contribution in [-0.4, -0.2) is 34.2 Å². The highest BCUT2D eigenvalue weighted by Gasteiger charge is 2.52. The summed E-state index contributed by atoms with van der Waals surface area (Å²) in [7, 11) is -0.492. The molecule has 0 radical (unpaired) electrons. The average Bonchev–Trinajstić information content (AvgIpc) is 2.65. The third kappa shape index (κ3) is 4.46. The number of hydrogen-bond acceptors (Lipinski definition) is 6. The van der Waals surface area contributed by atoms with Gasteiger partial charge in [-0.1, -0.05) is 17.8 Å². The van der Waals surface area contributed by atoms with E-state index in [0.29, 0.717) is 11.6 Å². The van der Waals surface area contributed by atoms with Crippen molar-refractivity contribution in [2.45, 2.75) is 59.7 Å². The van der Waals surface area contributed by atoms with Gasteiger partial charge in [-0.05, 0) is 64.2 Å². The second kappa shape index (κ2) is 7.13. The molecule has 1 saturated heterocycles. The van der Waals surface area contributed by atoms with Crippen LogP contribution >= 0.6 is 11.8 Å². The molecule has 2 heterocycles. The van der Waals surface area contributed by atoms with Crippen molar-refractivity contribution in [1.29, 1.82) is 0 Å². The summed E-state index contributed by atoms with van der Waals surface area (Å²) in [5.74, 6) is 1.01. The van der Waals surface area contributed by atoms with Gasteiger partial charge in [-0.3, -0.25) is 4.79 Å². The molecular formula is C18H27BN2O3S. The minimum absolute atomic E-state index is 0.0614. The van der Waals surface area contributed by atoms with E-state index >= 15 is 0 Å². The molecule has 2 rings (SSSR count). The number of aromatic nitrogens is 1. The van der Waals surface area contributed by atoms with Crippen LogP contribution in [0.1, 0.15) is 51.4 Å². The number of pyridine rings is 1. The number of nitrogens with zero attached hydrogens (tertiary/aromatic N) is 1. The van der Waals surface area contributed by atoms with Crippen LogP contribution in [-0.2, 0) is 14.1 Å². The highest BCUT2D eigenvalue weighted by molar-refractivity contribution is 8.13. The first-order valence-corrected chi connectivity index (χ1v) is 9.34. The van der Waals surface area contributed by atoms with E-state index in [-0.39, 0.29) is 5.12 Å². The second-order valence-corrected chi connectivity index (χ2v) is 8.60. The Kier molecular flexibility index (Phi) is 5.71. The summed E-state index contributed by atoms with van der Waals surface area (Å²) < 4.78 is 12.3. The van der Waals surface area contributed by atoms with Crippen molar-refractivity contribution in [3.05, 3.63) is 28.4 Å². The Morgan fingerprint density at radius 2 is 1.84 bits per heavy atom. The lowest BCUT2D eigenvalue weighted by molar-refractivity contribution is -0.109. The molecular weight excluding hydrogens is 335 g/mol. The highest BCUT2D eigenvalue weighted by Crippen LogP contribution is 2.39. The van der Waals surface area contributed by atoms with Crippen LogP contribution in [0, 0.1) is 13.8 Å². The number of carbonyl (C=O) groups excluding carboxylic acids is 1. The summed E-state index contributed by atoms with van der Waals surface area (Å²) in [5, 5.41) is 0.0614. The fraction of sp³-hybridized carbons (Fsp3) is 0.556. The van der Waals surface area contributed by atoms with Gasteiger partial charge in [0.15, 0.2) is 5.12 Å². The van der Waals surface area contributed by atoms with Gasteiger partial charge in [0.25, 0.3) is 0 Å². The van der Waals surface area contributed by atoms with E-state index in [0.717, 1.165) is 22.3 Å². The Morgan fingerprint density at radius 3 is 2.32 bits per heavy atom. The predicted molar refractivity (Wildman–Crippen MR) is 105 cm³/mol. The number of anilines is 1. The van der Waals surface area contributed by atoms with Crippen LogP contribution in [0.4, 0.5) is 5.82 Å². The maximum Gasteiger partial charge on any atom is 0.491 e. The molecule has 0 saturated carbocycles. The van der Waals surface area contributed by atoms with E-state index in [1.54, 1.807) is 6.92 Å². The first-order valence-electron chi connectivity index (χ1n) is 8.36. The minimum Gasteiger partial charge on any atom is -0.400 e. The van der Waals surface area contributed by atoms with E-state index in [9.17, 15) is 4.79 Å². The van der Waals surface area contributed by atoms with Crippen LogP contribution in [0.2, 0.25) is 0 Å². The van der Waals surface area contributed by atoms with Crippen LogP contribution in [0.15, 0.2) is 11.5 Å². The zero-order valence-corrected chi connectivity index (χ0v) is 16.9. The third-order valence-corrected chi connectivity index (χ3v) is 5.69. The summed E-state index contributed by atoms with van der Waals surface area (Å²) in [6, 6.07) is 1.85. The molecule has 1 fully saturated rings. The Labute approximate surface area is 154 Å². The lowest BCUT2D eigenvalue weighted by Crippen LogP contribution is -2.41. The van der Waals surface area contributed by atoms with Gasteiger partial charge in [0.2, 0.25) is 0 Å². The van der Waals surface area contributed by atoms with Crippen molar-refractivity contribution in [2.75, 3.05) is 11.5 Å². The topological polar surface area (TPSA) is 74.4 Å². The maximum atomic E-state index is 11.5. The molecule has 1 aliphatic heterocycles. The predicted octanol–water partition coefficient (Wildman–Crippen LogP) is 3.58. The number of aryl methyl sites for hydroxylation is 2. The molecule has 0 aromatic carbocycles. The molecule has 0 amide bonds. The number of nitrogens with two attached hydrogens (primary N) is 1. The van der Waals surface area contributed by atoms with Crippen LogP contribution in [0.5, 0.6) is 0 Å². The Balaban J connectivity index is 2.42. The van der Waals surface area contributed by atoms with Gasteiger partial charge >= 0.3 is 7.12 Å². The van der Waals surface area contributed by atoms with Gasteiger partial charge in [0.1, 0.15) is 5.82 Å². The standard InChI is InChI=1S/C18H27BN2O3S/c1-11-8-16(20)21-12(2)15(11)9-14(10-25-13(3)22)19-23-17(4,5)18(6,7)24-19/h8-9H,10H2,1-7H3,(H2,20,21). The molecule has 7 heteroatoms. The van der Waals surface area contributed by atoms with Crippen molar-refractivity contribution in [3.63, 3.8) is 0 Å². The first-order chi connectivity index (χ1) is 11.4. The Bertz CT molecular complexity index is 677. The molecule has 2 N–H and O–H groups in total. The van der Waals surface area contributed by atoms with Gasteiger partial charge in [0.05, 0.1) is 11.2 Å². The van der Waals surface area contributed by atoms with E-state index in [2.05, 4.69) is 4.98 Å². The summed E-state index contributed by atoms with van der Waals surface area (Å²) in [5.41, 5.74) is 8.75. The van der Waals surface area contributed by atoms with Crippen molar-refractivity contribution < 1.29 is 14.1 Å². The van der Waals surface area contributed by atoms with E-state index in [4.69, 9.17) is 15.0 Å². The molecule has 1 aliphatic rings. The summed E-state index contributed by atoms with van der Waals surface area (Å²) in [6.45, 7) is 13.6. The molecule has 1 aromatic rings. The summed E-state index contributed by atoms with van der Waals surface area (Å²) in [4.78, 5) is 15.8. The molecule has 25 heavy (non-hydrogen) atoms. The molecule has 0 atom stereocenters. The van der Waals surface area contributed by atoms with Crippen molar-refractivity contribution >= 4 is 35.9 Å². The largest absolute Gasteiger partial charge is 0.491 e. The fourth-order valence-corrected chi connectivity index (χ4v) is 3.22. The van der Waals surface area contributed by atoms with Crippen molar-refractivity contribution in [1.82, 2.24) is 4.98 Å². The molecule has 0 spiro atoms. The highest BCUT2D eigenvalue weighted by atomic mass is 32.2. The lowest BCUT2D eigenvalue weighted by Gasteiger charge is -2.32. The normalized spacial score (nSPS) is 19.3. The van der Waals surface area contributed by atoms with E-state index in [1.807, 2.05) is 53.7 Å². The van der Waals surface area contributed by atoms with Gasteiger partial charge in [-0.15, -0.1) is 0 Å². The zero-order chi connectivity index (χ0) is 19.0. The van der Waals surface area contributed by atoms with Crippen LogP contribution in [0.25, 0.3) is 6.08 Å². The molecule has 5 nitrogen and oxygen atoms in total. The lowest BCUT2D eigenvalue weighted by atomic mass is 9.78. The zero-order valence-electron chi connectivity index (χ0n) is 16.1. The number of rotatable bonds is 4. The number of thioether (sulfide) groups is 1. The van der Waals surface area contributed by atoms with Crippen LogP contribution in [0.3, 0.4) is 0 Å². The van der Waals surface area contributed by atoms with Crippen molar-refractivity contribution in [3.8, 4) is 0 Å². The van der Waals surface area contributed by atoms with Gasteiger partial charge in [-0.25, -0.2) is 4.98 Å². The Hall–Kier alpha value is -1.31. The average molecular weight is 362 g/mol. The Morgan fingerprint density at radius 1 is 1.28 bits per heavy atom. The summed E-state index contributed by atoms with van der Waals surface area (Å²) in [6.07, 6.45) is 2.02. The van der Waals surface area contributed by atoms with Crippen molar-refractivity contribution in [2.24, 2.45) is 0 Å². The van der Waals surface area contributed by atoms with Gasteiger partial charge < -0.3 is 15.0 Å². The maximum absolute atomic E-state index is 11.5. The van der Waals surface area contributed by atoms with Gasteiger partial charge in [-0.2, -0.15) is 0 Å². The van der Waals surface area contributed by atoms with E-state index in [1.165, 1.54) is 11.8 Å².